The van der Waals surface area contributed by atoms with E-state index in [9.17, 15) is 5.48 Å². The third-order valence-electron chi connectivity index (χ3n) is 7.55. The molecule has 0 atom stereocenters. The molecule has 1 aromatic heterocycles. The van der Waals surface area contributed by atoms with Crippen molar-refractivity contribution < 1.29 is 35.9 Å². The molecule has 0 saturated carbocycles. The van der Waals surface area contributed by atoms with Crippen molar-refractivity contribution in [1.29, 1.82) is 0 Å². The largest absolute Gasteiger partial charge is 0.456 e. The van der Waals surface area contributed by atoms with Gasteiger partial charge in [0.25, 0.3) is 0 Å². The highest BCUT2D eigenvalue weighted by Crippen LogP contribution is 2.45. The quantitative estimate of drug-likeness (QED) is 0.184. The Morgan fingerprint density at radius 1 is 0.333 bits per heavy atom. The Kier molecular flexibility index (Phi) is 2.66. The van der Waals surface area contributed by atoms with E-state index in [1.165, 1.54) is 30.3 Å². The first-order valence-corrected chi connectivity index (χ1v) is 13.6. The molecular weight excluding hydrogens is 544 g/mol. The van der Waals surface area contributed by atoms with Gasteiger partial charge in [-0.1, -0.05) is 157 Å². The van der Waals surface area contributed by atoms with Crippen LogP contribution < -0.4 is 0 Å². The summed E-state index contributed by atoms with van der Waals surface area (Å²) in [6.45, 7) is 0. The highest BCUT2D eigenvalue weighted by atomic mass is 16.3. The minimum absolute atomic E-state index is 0.0245. The maximum atomic E-state index is 9.23. The highest BCUT2D eigenvalue weighted by Gasteiger charge is 2.18. The van der Waals surface area contributed by atoms with E-state index in [4.69, 9.17) is 30.5 Å². The standard InChI is InChI=1S/C44H28O/c1-3-13-29(14-4-1)33-21-11-23-39-43(33)44-34(22-12-24-40(44)45-39)30-25-27-32(28-26-30)42-37-19-9-7-17-35(37)41(31-15-5-2-6-16-31)36-18-8-10-20-38(36)42/h1-28H/i1D,2D,3D,4D,5D,6D,7D,8D,9D,10D,11D,12D,13D,14D,15D,16D,17D,18D,19D,21D,22D,23D,24D. The fourth-order valence-corrected chi connectivity index (χ4v) is 5.71. The van der Waals surface area contributed by atoms with Crippen LogP contribution in [0.4, 0.5) is 0 Å². The lowest BCUT2D eigenvalue weighted by Crippen LogP contribution is -1.90. The number of rotatable bonds is 4. The van der Waals surface area contributed by atoms with E-state index in [1.807, 2.05) is 0 Å². The van der Waals surface area contributed by atoms with Crippen molar-refractivity contribution in [1.82, 2.24) is 0 Å². The molecule has 0 radical (unpaired) electrons. The lowest BCUT2D eigenvalue weighted by atomic mass is 9.85. The van der Waals surface area contributed by atoms with Crippen molar-refractivity contribution >= 4 is 43.5 Å². The third-order valence-corrected chi connectivity index (χ3v) is 7.55. The number of fused-ring (bicyclic) bond motifs is 5. The molecule has 210 valence electrons. The Morgan fingerprint density at radius 2 is 0.800 bits per heavy atom. The van der Waals surface area contributed by atoms with E-state index in [0.29, 0.717) is 0 Å². The molecule has 1 heteroatoms. The molecule has 8 aromatic carbocycles. The molecule has 45 heavy (non-hydrogen) atoms. The first kappa shape index (κ1) is 11.5. The summed E-state index contributed by atoms with van der Waals surface area (Å²) in [6.07, 6.45) is 0. The number of furan rings is 1. The van der Waals surface area contributed by atoms with Crippen molar-refractivity contribution in [2.75, 3.05) is 0 Å². The zero-order chi connectivity index (χ0) is 49.8. The van der Waals surface area contributed by atoms with Crippen LogP contribution in [0.5, 0.6) is 0 Å². The van der Waals surface area contributed by atoms with Crippen LogP contribution in [0.25, 0.3) is 88.0 Å². The number of hydrogen-bond donors (Lipinski definition) is 0. The fourth-order valence-electron chi connectivity index (χ4n) is 5.71. The summed E-state index contributed by atoms with van der Waals surface area (Å²) in [5.41, 5.74) is -2.58. The Hall–Kier alpha value is -5.92. The summed E-state index contributed by atoms with van der Waals surface area (Å²) in [6, 6.07) is -9.40. The predicted octanol–water partition coefficient (Wildman–Crippen LogP) is 12.6. The van der Waals surface area contributed by atoms with Gasteiger partial charge in [0.05, 0.1) is 31.5 Å². The zero-order valence-corrected chi connectivity index (χ0v) is 22.8. The van der Waals surface area contributed by atoms with Crippen molar-refractivity contribution in [2.45, 2.75) is 0 Å². The molecule has 0 N–H and O–H groups in total. The van der Waals surface area contributed by atoms with Gasteiger partial charge in [0.15, 0.2) is 0 Å². The Bertz CT molecular complexity index is 3760. The van der Waals surface area contributed by atoms with Gasteiger partial charge in [-0.3, -0.25) is 0 Å². The second kappa shape index (κ2) is 10.4. The summed E-state index contributed by atoms with van der Waals surface area (Å²) >= 11 is 0. The first-order chi connectivity index (χ1) is 31.9. The van der Waals surface area contributed by atoms with E-state index in [0.717, 1.165) is 0 Å². The van der Waals surface area contributed by atoms with Crippen molar-refractivity contribution in [3.8, 4) is 44.5 Å². The van der Waals surface area contributed by atoms with Gasteiger partial charge in [0.2, 0.25) is 0 Å². The van der Waals surface area contributed by atoms with Gasteiger partial charge in [0.1, 0.15) is 11.2 Å². The Morgan fingerprint density at radius 3 is 1.42 bits per heavy atom. The van der Waals surface area contributed by atoms with Crippen LogP contribution in [-0.4, -0.2) is 0 Å². The molecule has 0 spiro atoms. The molecule has 0 aliphatic rings. The smallest absolute Gasteiger partial charge is 0.136 e. The van der Waals surface area contributed by atoms with Crippen molar-refractivity contribution in [3.05, 3.63) is 169 Å². The molecule has 9 aromatic rings. The number of hydrogen-bond acceptors (Lipinski definition) is 1. The predicted molar refractivity (Wildman–Crippen MR) is 190 cm³/mol. The lowest BCUT2D eigenvalue weighted by molar-refractivity contribution is 0.669. The highest BCUT2D eigenvalue weighted by molar-refractivity contribution is 6.22. The summed E-state index contributed by atoms with van der Waals surface area (Å²) < 4.78 is 207. The molecule has 0 amide bonds. The van der Waals surface area contributed by atoms with E-state index in [2.05, 4.69) is 0 Å². The molecule has 0 aliphatic carbocycles. The second-order valence-electron chi connectivity index (χ2n) is 9.92. The Labute approximate surface area is 293 Å². The molecule has 1 heterocycles. The monoisotopic (exact) mass is 595 g/mol. The van der Waals surface area contributed by atoms with E-state index in [-0.39, 0.29) is 65.7 Å². The van der Waals surface area contributed by atoms with Crippen LogP contribution in [0.1, 0.15) is 31.5 Å². The number of benzene rings is 8. The van der Waals surface area contributed by atoms with Gasteiger partial charge in [-0.05, 0) is 78.1 Å². The van der Waals surface area contributed by atoms with Gasteiger partial charge in [-0.2, -0.15) is 0 Å². The summed E-state index contributed by atoms with van der Waals surface area (Å²) in [5, 5.41) is -1.36. The molecule has 0 unspecified atom stereocenters. The molecule has 0 saturated heterocycles. The Balaban J connectivity index is 1.43. The van der Waals surface area contributed by atoms with Crippen LogP contribution in [0, 0.1) is 0 Å². The van der Waals surface area contributed by atoms with Crippen LogP contribution in [-0.2, 0) is 0 Å². The normalized spacial score (nSPS) is 18.7. The minimum Gasteiger partial charge on any atom is -0.456 e. The van der Waals surface area contributed by atoms with Crippen LogP contribution in [0.2, 0.25) is 0 Å². The van der Waals surface area contributed by atoms with Crippen molar-refractivity contribution in [2.24, 2.45) is 0 Å². The molecule has 9 rings (SSSR count). The lowest BCUT2D eigenvalue weighted by Gasteiger charge is -2.18. The van der Waals surface area contributed by atoms with Gasteiger partial charge in [0, 0.05) is 10.8 Å². The minimum atomic E-state index is -0.779. The van der Waals surface area contributed by atoms with Crippen LogP contribution >= 0.6 is 0 Å². The molecule has 0 aliphatic heterocycles. The maximum absolute atomic E-state index is 9.23. The van der Waals surface area contributed by atoms with Gasteiger partial charge < -0.3 is 4.42 Å². The molecular formula is C44H28O. The van der Waals surface area contributed by atoms with E-state index in [1.54, 1.807) is 0 Å². The average molecular weight is 596 g/mol. The van der Waals surface area contributed by atoms with Gasteiger partial charge in [-0.15, -0.1) is 0 Å². The fraction of sp³-hybridized carbons (Fsp3) is 0. The van der Waals surface area contributed by atoms with E-state index >= 15 is 0 Å². The van der Waals surface area contributed by atoms with E-state index < -0.39 is 161 Å². The SMILES string of the molecule is [2H]c1cc2c(-c3ccc(-c4c([2H])c([2H])c([2H])c5oc6c([2H])c([2H])c([2H])c(-c7c([2H])c([2H])c([2H])c([2H])c7[2H])c6c45)cc3)c3c([2H])c([2H])c([2H])c([2H])c3c(-c3c([2H])c([2H])c([2H])c([2H])c3[2H])c2c([2H])c1[2H]. The molecule has 0 bridgehead atoms. The second-order valence-corrected chi connectivity index (χ2v) is 9.92. The molecule has 0 fully saturated rings. The summed E-state index contributed by atoms with van der Waals surface area (Å²) in [7, 11) is 0. The zero-order valence-electron chi connectivity index (χ0n) is 45.8. The molecule has 1 nitrogen and oxygen atoms in total. The van der Waals surface area contributed by atoms with Crippen LogP contribution in [0.3, 0.4) is 0 Å². The summed E-state index contributed by atoms with van der Waals surface area (Å²) in [5.74, 6) is 0. The topological polar surface area (TPSA) is 13.1 Å². The maximum Gasteiger partial charge on any atom is 0.136 e. The third kappa shape index (κ3) is 4.09. The average Bonchev–Trinajstić information content (AvgIpc) is 3.71. The van der Waals surface area contributed by atoms with Crippen molar-refractivity contribution in [3.63, 3.8) is 0 Å². The first-order valence-electron chi connectivity index (χ1n) is 25.1. The van der Waals surface area contributed by atoms with Gasteiger partial charge in [-0.25, -0.2) is 0 Å². The summed E-state index contributed by atoms with van der Waals surface area (Å²) in [4.78, 5) is 0. The van der Waals surface area contributed by atoms with Gasteiger partial charge >= 0.3 is 0 Å². The van der Waals surface area contributed by atoms with Crippen LogP contribution in [0.15, 0.2) is 174 Å².